The first-order chi connectivity index (χ1) is 8.95. The second-order valence-corrected chi connectivity index (χ2v) is 5.61. The van der Waals surface area contributed by atoms with Crippen molar-refractivity contribution in [2.24, 2.45) is 5.73 Å². The number of hydrogen-bond acceptors (Lipinski definition) is 4. The lowest BCUT2D eigenvalue weighted by Crippen LogP contribution is -2.35. The van der Waals surface area contributed by atoms with Crippen LogP contribution in [0.15, 0.2) is 23.1 Å². The predicted octanol–water partition coefficient (Wildman–Crippen LogP) is 1.98. The van der Waals surface area contributed by atoms with Gasteiger partial charge in [0.05, 0.1) is 6.54 Å². The standard InChI is InChI=1S/C13H19N3OS2/c1-8(2)16-11(17)7-15-9-5-4-6-10(19-3)12(9)13(14)18/h4-6,8,15H,7H2,1-3H3,(H2,14,18)(H,16,17). The molecule has 0 aliphatic heterocycles. The first kappa shape index (κ1) is 15.8. The summed E-state index contributed by atoms with van der Waals surface area (Å²) in [6.07, 6.45) is 1.96. The van der Waals surface area contributed by atoms with Gasteiger partial charge in [0, 0.05) is 22.2 Å². The molecular formula is C13H19N3OS2. The molecule has 0 fully saturated rings. The third-order valence-corrected chi connectivity index (χ3v) is 3.37. The van der Waals surface area contributed by atoms with Gasteiger partial charge in [-0.05, 0) is 32.2 Å². The summed E-state index contributed by atoms with van der Waals surface area (Å²) < 4.78 is 0. The molecule has 0 saturated carbocycles. The highest BCUT2D eigenvalue weighted by molar-refractivity contribution is 7.98. The van der Waals surface area contributed by atoms with Crippen molar-refractivity contribution in [2.45, 2.75) is 24.8 Å². The molecule has 0 bridgehead atoms. The van der Waals surface area contributed by atoms with Crippen LogP contribution in [0.4, 0.5) is 5.69 Å². The third kappa shape index (κ3) is 4.72. The van der Waals surface area contributed by atoms with Crippen LogP contribution in [0.1, 0.15) is 19.4 Å². The number of thioether (sulfide) groups is 1. The number of carbonyl (C=O) groups is 1. The molecule has 0 heterocycles. The molecule has 1 aromatic rings. The zero-order valence-corrected chi connectivity index (χ0v) is 13.0. The summed E-state index contributed by atoms with van der Waals surface area (Å²) in [4.78, 5) is 13.0. The molecule has 0 aromatic heterocycles. The molecule has 0 aliphatic rings. The molecule has 104 valence electrons. The molecule has 19 heavy (non-hydrogen) atoms. The lowest BCUT2D eigenvalue weighted by molar-refractivity contribution is -0.119. The summed E-state index contributed by atoms with van der Waals surface area (Å²) >= 11 is 6.65. The van der Waals surface area contributed by atoms with Gasteiger partial charge >= 0.3 is 0 Å². The van der Waals surface area contributed by atoms with Crippen LogP contribution in [-0.2, 0) is 4.79 Å². The van der Waals surface area contributed by atoms with Gasteiger partial charge in [-0.2, -0.15) is 0 Å². The van der Waals surface area contributed by atoms with Crippen LogP contribution in [-0.4, -0.2) is 29.7 Å². The van der Waals surface area contributed by atoms with Gasteiger partial charge in [-0.3, -0.25) is 4.79 Å². The van der Waals surface area contributed by atoms with E-state index in [1.165, 1.54) is 0 Å². The summed E-state index contributed by atoms with van der Waals surface area (Å²) in [5.41, 5.74) is 7.34. The van der Waals surface area contributed by atoms with E-state index in [4.69, 9.17) is 18.0 Å². The average Bonchev–Trinajstić information content (AvgIpc) is 2.34. The van der Waals surface area contributed by atoms with Gasteiger partial charge in [0.25, 0.3) is 0 Å². The fourth-order valence-corrected chi connectivity index (χ4v) is 2.57. The molecule has 0 saturated heterocycles. The molecule has 0 radical (unpaired) electrons. The summed E-state index contributed by atoms with van der Waals surface area (Å²) in [6, 6.07) is 5.87. The monoisotopic (exact) mass is 297 g/mol. The molecule has 1 rings (SSSR count). The van der Waals surface area contributed by atoms with E-state index in [0.717, 1.165) is 16.1 Å². The minimum atomic E-state index is -0.0570. The lowest BCUT2D eigenvalue weighted by Gasteiger charge is -2.15. The second kappa shape index (κ2) is 7.35. The Labute approximate surface area is 123 Å². The van der Waals surface area contributed by atoms with Crippen molar-refractivity contribution in [3.63, 3.8) is 0 Å². The van der Waals surface area contributed by atoms with Gasteiger partial charge in [0.1, 0.15) is 4.99 Å². The smallest absolute Gasteiger partial charge is 0.239 e. The Morgan fingerprint density at radius 1 is 1.47 bits per heavy atom. The molecule has 4 nitrogen and oxygen atoms in total. The maximum Gasteiger partial charge on any atom is 0.239 e. The molecule has 0 atom stereocenters. The molecule has 0 spiro atoms. The quantitative estimate of drug-likeness (QED) is 0.553. The highest BCUT2D eigenvalue weighted by atomic mass is 32.2. The molecule has 1 amide bonds. The first-order valence-corrected chi connectivity index (χ1v) is 7.59. The maximum absolute atomic E-state index is 11.6. The van der Waals surface area contributed by atoms with Crippen molar-refractivity contribution in [3.05, 3.63) is 23.8 Å². The number of nitrogens with one attached hydrogen (secondary N) is 2. The van der Waals surface area contributed by atoms with Crippen molar-refractivity contribution in [1.29, 1.82) is 0 Å². The Bertz CT molecular complexity index is 475. The topological polar surface area (TPSA) is 67.2 Å². The van der Waals surface area contributed by atoms with Crippen LogP contribution in [0, 0.1) is 0 Å². The van der Waals surface area contributed by atoms with Crippen LogP contribution in [0.3, 0.4) is 0 Å². The van der Waals surface area contributed by atoms with E-state index in [0.29, 0.717) is 4.99 Å². The highest BCUT2D eigenvalue weighted by Crippen LogP contribution is 2.26. The molecular weight excluding hydrogens is 278 g/mol. The predicted molar refractivity (Wildman–Crippen MR) is 85.9 cm³/mol. The van der Waals surface area contributed by atoms with Crippen LogP contribution >= 0.6 is 24.0 Å². The van der Waals surface area contributed by atoms with E-state index in [1.807, 2.05) is 38.3 Å². The van der Waals surface area contributed by atoms with Crippen molar-refractivity contribution >= 4 is 40.6 Å². The SMILES string of the molecule is CSc1cccc(NCC(=O)NC(C)C)c1C(N)=S. The van der Waals surface area contributed by atoms with E-state index >= 15 is 0 Å². The fraction of sp³-hybridized carbons (Fsp3) is 0.385. The number of rotatable bonds is 6. The number of benzene rings is 1. The van der Waals surface area contributed by atoms with Gasteiger partial charge in [0.15, 0.2) is 0 Å². The van der Waals surface area contributed by atoms with E-state index < -0.39 is 0 Å². The van der Waals surface area contributed by atoms with E-state index in [-0.39, 0.29) is 18.5 Å². The Balaban J connectivity index is 2.84. The maximum atomic E-state index is 11.6. The summed E-state index contributed by atoms with van der Waals surface area (Å²) in [7, 11) is 0. The summed E-state index contributed by atoms with van der Waals surface area (Å²) in [6.45, 7) is 4.05. The third-order valence-electron chi connectivity index (χ3n) is 2.38. The Hall–Kier alpha value is -1.27. The molecule has 6 heteroatoms. The van der Waals surface area contributed by atoms with E-state index in [2.05, 4.69) is 10.6 Å². The van der Waals surface area contributed by atoms with Gasteiger partial charge < -0.3 is 16.4 Å². The van der Waals surface area contributed by atoms with Gasteiger partial charge in [0.2, 0.25) is 5.91 Å². The van der Waals surface area contributed by atoms with Gasteiger partial charge in [-0.25, -0.2) is 0 Å². The zero-order valence-electron chi connectivity index (χ0n) is 11.3. The largest absolute Gasteiger partial charge is 0.389 e. The number of thiocarbonyl (C=S) groups is 1. The highest BCUT2D eigenvalue weighted by Gasteiger charge is 2.11. The Kier molecular flexibility index (Phi) is 6.11. The Morgan fingerprint density at radius 2 is 2.16 bits per heavy atom. The molecule has 0 unspecified atom stereocenters. The van der Waals surface area contributed by atoms with E-state index in [9.17, 15) is 4.79 Å². The summed E-state index contributed by atoms with van der Waals surface area (Å²) in [5, 5.41) is 5.90. The number of carbonyl (C=O) groups excluding carboxylic acids is 1. The van der Waals surface area contributed by atoms with Crippen molar-refractivity contribution in [1.82, 2.24) is 5.32 Å². The van der Waals surface area contributed by atoms with Crippen LogP contribution in [0.5, 0.6) is 0 Å². The average molecular weight is 297 g/mol. The van der Waals surface area contributed by atoms with Crippen molar-refractivity contribution in [2.75, 3.05) is 18.1 Å². The first-order valence-electron chi connectivity index (χ1n) is 5.95. The minimum absolute atomic E-state index is 0.0570. The van der Waals surface area contributed by atoms with Crippen molar-refractivity contribution in [3.8, 4) is 0 Å². The molecule has 4 N–H and O–H groups in total. The lowest BCUT2D eigenvalue weighted by atomic mass is 10.1. The number of hydrogen-bond donors (Lipinski definition) is 3. The number of anilines is 1. The van der Waals surface area contributed by atoms with Crippen molar-refractivity contribution < 1.29 is 4.79 Å². The molecule has 1 aromatic carbocycles. The normalized spacial score (nSPS) is 10.3. The van der Waals surface area contributed by atoms with E-state index in [1.54, 1.807) is 11.8 Å². The minimum Gasteiger partial charge on any atom is -0.389 e. The van der Waals surface area contributed by atoms with Gasteiger partial charge in [-0.1, -0.05) is 18.3 Å². The molecule has 0 aliphatic carbocycles. The fourth-order valence-electron chi connectivity index (χ4n) is 1.65. The van der Waals surface area contributed by atoms with Gasteiger partial charge in [-0.15, -0.1) is 11.8 Å². The Morgan fingerprint density at radius 3 is 2.68 bits per heavy atom. The second-order valence-electron chi connectivity index (χ2n) is 4.32. The van der Waals surface area contributed by atoms with Crippen LogP contribution in [0.25, 0.3) is 0 Å². The van der Waals surface area contributed by atoms with Crippen LogP contribution < -0.4 is 16.4 Å². The zero-order chi connectivity index (χ0) is 14.4. The number of amides is 1. The van der Waals surface area contributed by atoms with Crippen LogP contribution in [0.2, 0.25) is 0 Å². The number of nitrogens with two attached hydrogens (primary N) is 1. The summed E-state index contributed by atoms with van der Waals surface area (Å²) in [5.74, 6) is -0.0570.